The molecule has 3 aromatic carbocycles. The minimum atomic E-state index is -5.96. The summed E-state index contributed by atoms with van der Waals surface area (Å²) in [5, 5.41) is 10.5. The number of hydrogen-bond donors (Lipinski definition) is 5. The van der Waals surface area contributed by atoms with Gasteiger partial charge in [-0.15, -0.1) is 11.3 Å². The van der Waals surface area contributed by atoms with Crippen molar-refractivity contribution in [2.24, 2.45) is 11.7 Å². The quantitative estimate of drug-likeness (QED) is 0.0118. The molecule has 2 unspecified atom stereocenters. The second-order valence-corrected chi connectivity index (χ2v) is 28.4. The second kappa shape index (κ2) is 32.3. The number of primary amides is 1. The van der Waals surface area contributed by atoms with Gasteiger partial charge < -0.3 is 60.0 Å². The molecule has 0 radical (unpaired) electrons. The van der Waals surface area contributed by atoms with E-state index in [1.54, 1.807) is 23.1 Å². The minimum absolute atomic E-state index is 0.0235. The summed E-state index contributed by atoms with van der Waals surface area (Å²) in [6.07, 6.45) is -2.42. The number of piperidine rings is 2. The van der Waals surface area contributed by atoms with Gasteiger partial charge in [0, 0.05) is 85.8 Å². The van der Waals surface area contributed by atoms with Gasteiger partial charge in [0.05, 0.1) is 17.1 Å². The monoisotopic (exact) mass is 1420 g/mol. The number of thiophene rings is 1. The van der Waals surface area contributed by atoms with E-state index in [9.17, 15) is 66.1 Å². The lowest BCUT2D eigenvalue weighted by Gasteiger charge is -2.38. The van der Waals surface area contributed by atoms with Crippen LogP contribution in [0.1, 0.15) is 148 Å². The fourth-order valence-electron chi connectivity index (χ4n) is 12.7. The van der Waals surface area contributed by atoms with Gasteiger partial charge in [-0.25, -0.2) is 22.9 Å². The van der Waals surface area contributed by atoms with Crippen molar-refractivity contribution in [3.63, 3.8) is 0 Å². The van der Waals surface area contributed by atoms with Crippen LogP contribution in [0.25, 0.3) is 10.1 Å². The standard InChI is InChI=1S/C67H78F4N9O17PS/c1-6-77-27-26-44-16-19-53(80(44)64(89)51(35-77)75-61(86)55-33-42-32-43(15-21-54(42)99-55)67(70,71)98(92,97-66(91)96-38(4)5)94-36-93-65(90)95-37(2)3)60(85)73-49(18-22-56(72)81)58(83)74-50(31-40-14-17-47(68)48(69)30-40)63(88)78-28-24-39(25-29-78)10-7-8-11-41-12-9-13-45-46(41)34-79(62(45)87)52-20-23-57(82)76-59(52)84/h9,12-15,17,21,30,32-33,37-39,44,49-53H,6-7,10,16,18-20,22-29,31,34-36H2,1-5H3,(H2,72,81)(H,73,85)(H,74,83)(H,75,86)(H,76,82,84)/t44-,49+,50+,51+,52?,53+,98?/m1/s1. The zero-order chi connectivity index (χ0) is 71.6. The summed E-state index contributed by atoms with van der Waals surface area (Å²) >= 11 is 0.854. The van der Waals surface area contributed by atoms with Gasteiger partial charge >= 0.3 is 25.6 Å². The number of alkyl halides is 2. The molecule has 4 saturated heterocycles. The van der Waals surface area contributed by atoms with Crippen LogP contribution in [0.3, 0.4) is 0 Å². The first-order valence-corrected chi connectivity index (χ1v) is 35.0. The van der Waals surface area contributed by atoms with Crippen molar-refractivity contribution in [2.75, 3.05) is 39.5 Å². The SMILES string of the molecule is CCN1CC[C@H]2CC[C@@H](C(=O)N[C@@H](CCC(N)=O)C(=O)N[C@@H](Cc3ccc(F)c(F)c3)C(=O)N3CCC(CCC#Cc4cccc5c4CN(C4CCC(=O)NC4=O)C5=O)CC3)N2C(=O)[C@@H](NC(=O)c2cc3cc(C(F)(F)P(=O)(OCOC(=O)OC(C)C)OC(=O)OC(C)C)ccc3s2)C1. The number of carbonyl (C=O) groups is 11. The summed E-state index contributed by atoms with van der Waals surface area (Å²) in [5.74, 6) is -1.65. The van der Waals surface area contributed by atoms with Crippen molar-refractivity contribution in [2.45, 2.75) is 172 Å². The zero-order valence-electron chi connectivity index (χ0n) is 55.1. The Kier molecular flexibility index (Phi) is 24.3. The van der Waals surface area contributed by atoms with Crippen molar-refractivity contribution in [3.8, 4) is 11.8 Å². The number of likely N-dealkylation sites (tertiary alicyclic amines) is 1. The number of amides is 9. The van der Waals surface area contributed by atoms with E-state index in [0.717, 1.165) is 35.6 Å². The highest BCUT2D eigenvalue weighted by atomic mass is 32.1. The molecule has 4 fully saturated rings. The van der Waals surface area contributed by atoms with Gasteiger partial charge in [0.1, 0.15) is 30.2 Å². The van der Waals surface area contributed by atoms with Gasteiger partial charge in [0.2, 0.25) is 48.1 Å². The molecule has 0 bridgehead atoms. The number of ether oxygens (including phenoxy) is 3. The van der Waals surface area contributed by atoms with Crippen LogP contribution in [0, 0.1) is 29.4 Å². The van der Waals surface area contributed by atoms with Crippen LogP contribution in [0.4, 0.5) is 27.2 Å². The van der Waals surface area contributed by atoms with E-state index in [0.29, 0.717) is 68.3 Å². The van der Waals surface area contributed by atoms with Crippen LogP contribution in [0.5, 0.6) is 0 Å². The number of hydrogen-bond acceptors (Lipinski definition) is 19. The predicted octanol–water partition coefficient (Wildman–Crippen LogP) is 7.01. The smallest absolute Gasteiger partial charge is 0.432 e. The van der Waals surface area contributed by atoms with Crippen molar-refractivity contribution in [3.05, 3.63) is 105 Å². The Morgan fingerprint density at radius 3 is 2.28 bits per heavy atom. The fourth-order valence-corrected chi connectivity index (χ4v) is 14.8. The third kappa shape index (κ3) is 18.1. The number of likely N-dealkylation sites (N-methyl/N-ethyl adjacent to an activating group) is 1. The first-order valence-electron chi connectivity index (χ1n) is 32.7. The maximum Gasteiger partial charge on any atom is 0.515 e. The van der Waals surface area contributed by atoms with E-state index in [2.05, 4.69) is 42.4 Å². The highest BCUT2D eigenvalue weighted by molar-refractivity contribution is 7.55. The number of carbonyl (C=O) groups excluding carboxylic acids is 11. The summed E-state index contributed by atoms with van der Waals surface area (Å²) in [6, 6.07) is 5.61. The van der Waals surface area contributed by atoms with Gasteiger partial charge in [0.25, 0.3) is 11.8 Å². The molecule has 0 saturated carbocycles. The molecule has 26 nitrogen and oxygen atoms in total. The van der Waals surface area contributed by atoms with E-state index in [4.69, 9.17) is 19.7 Å². The molecule has 6 heterocycles. The molecule has 7 atom stereocenters. The van der Waals surface area contributed by atoms with Crippen LogP contribution in [-0.4, -0.2) is 173 Å². The summed E-state index contributed by atoms with van der Waals surface area (Å²) in [6.45, 7) is 7.66. The largest absolute Gasteiger partial charge is 0.515 e. The number of benzene rings is 3. The van der Waals surface area contributed by atoms with Crippen molar-refractivity contribution >= 4 is 94.5 Å². The van der Waals surface area contributed by atoms with E-state index < -0.39 is 146 Å². The van der Waals surface area contributed by atoms with E-state index in [-0.39, 0.29) is 96.5 Å². The lowest BCUT2D eigenvalue weighted by Crippen LogP contribution is -2.62. The highest BCUT2D eigenvalue weighted by Crippen LogP contribution is 2.67. The van der Waals surface area contributed by atoms with Gasteiger partial charge in [-0.3, -0.25) is 53.0 Å². The molecule has 1 aromatic heterocycles. The third-order valence-electron chi connectivity index (χ3n) is 17.8. The molecule has 32 heteroatoms. The van der Waals surface area contributed by atoms with Crippen molar-refractivity contribution in [1.82, 2.24) is 40.9 Å². The van der Waals surface area contributed by atoms with Crippen LogP contribution < -0.4 is 27.0 Å². The summed E-state index contributed by atoms with van der Waals surface area (Å²) in [7, 11) is -5.96. The fraction of sp³-hybridized carbons (Fsp3) is 0.507. The number of halogens is 4. The third-order valence-corrected chi connectivity index (χ3v) is 20.7. The molecular formula is C67H78F4N9O17PS. The number of nitrogens with zero attached hydrogens (tertiary/aromatic N) is 4. The van der Waals surface area contributed by atoms with Gasteiger partial charge in [0.15, 0.2) is 11.6 Å². The number of rotatable bonds is 24. The van der Waals surface area contributed by atoms with Crippen LogP contribution in [0.15, 0.2) is 60.7 Å². The first-order chi connectivity index (χ1) is 47.0. The Labute approximate surface area is 571 Å². The van der Waals surface area contributed by atoms with E-state index >= 15 is 8.78 Å². The normalized spacial score (nSPS) is 20.3. The Hall–Kier alpha value is -8.98. The molecule has 6 N–H and O–H groups in total. The first kappa shape index (κ1) is 74.2. The van der Waals surface area contributed by atoms with Gasteiger partial charge in [-0.2, -0.15) is 8.78 Å². The summed E-state index contributed by atoms with van der Waals surface area (Å²) in [5.41, 5.74) is 1.87. The van der Waals surface area contributed by atoms with Crippen molar-refractivity contribution in [1.29, 1.82) is 0 Å². The molecule has 99 heavy (non-hydrogen) atoms. The lowest BCUT2D eigenvalue weighted by atomic mass is 9.91. The second-order valence-electron chi connectivity index (χ2n) is 25.3. The Bertz CT molecular complexity index is 3910. The highest BCUT2D eigenvalue weighted by Gasteiger charge is 2.58. The number of fused-ring (bicyclic) bond motifs is 3. The van der Waals surface area contributed by atoms with Crippen LogP contribution >= 0.6 is 18.9 Å². The lowest BCUT2D eigenvalue weighted by molar-refractivity contribution is -0.144. The molecule has 532 valence electrons. The Balaban J connectivity index is 0.861. The zero-order valence-corrected chi connectivity index (χ0v) is 56.8. The Morgan fingerprint density at radius 2 is 1.59 bits per heavy atom. The molecule has 5 aliphatic heterocycles. The van der Waals surface area contributed by atoms with Gasteiger partial charge in [-0.1, -0.05) is 37.0 Å². The van der Waals surface area contributed by atoms with Crippen LogP contribution in [0.2, 0.25) is 0 Å². The summed E-state index contributed by atoms with van der Waals surface area (Å²) in [4.78, 5) is 154. The molecule has 9 rings (SSSR count). The molecule has 0 aliphatic carbocycles. The van der Waals surface area contributed by atoms with Crippen LogP contribution in [-0.2, 0) is 80.0 Å². The number of nitrogens with two attached hydrogens (primary N) is 1. The average molecular weight is 1420 g/mol. The maximum absolute atomic E-state index is 16.4. The molecular weight excluding hydrogens is 1340 g/mol. The van der Waals surface area contributed by atoms with Gasteiger partial charge in [-0.05, 0) is 151 Å². The van der Waals surface area contributed by atoms with E-state index in [1.807, 2.05) is 11.8 Å². The molecule has 9 amide bonds. The number of imide groups is 1. The molecule has 4 aromatic rings. The summed E-state index contributed by atoms with van der Waals surface area (Å²) < 4.78 is 99.6. The number of nitrogens with one attached hydrogen (secondary N) is 4. The minimum Gasteiger partial charge on any atom is -0.432 e. The van der Waals surface area contributed by atoms with E-state index in [1.165, 1.54) is 55.7 Å². The Morgan fingerprint density at radius 1 is 0.848 bits per heavy atom. The van der Waals surface area contributed by atoms with Crippen molar-refractivity contribution < 1.29 is 98.1 Å². The maximum atomic E-state index is 16.4. The predicted molar refractivity (Wildman–Crippen MR) is 347 cm³/mol. The molecule has 5 aliphatic rings. The topological polar surface area (TPSA) is 338 Å². The molecule has 0 spiro atoms. The average Bonchev–Trinajstić information content (AvgIpc) is 1.75.